The number of phenols is 2. The van der Waals surface area contributed by atoms with Crippen molar-refractivity contribution in [3.63, 3.8) is 0 Å². The van der Waals surface area contributed by atoms with Crippen molar-refractivity contribution in [1.82, 2.24) is 16.0 Å². The third-order valence-corrected chi connectivity index (χ3v) is 19.6. The molecule has 0 spiro atoms. The van der Waals surface area contributed by atoms with Crippen LogP contribution in [0.2, 0.25) is 0 Å². The fourth-order valence-corrected chi connectivity index (χ4v) is 15.7. The zero-order valence-corrected chi connectivity index (χ0v) is 44.9. The number of phenolic OH excluding ortho intramolecular Hbond substituents is 2. The van der Waals surface area contributed by atoms with Crippen LogP contribution >= 0.6 is 0 Å². The van der Waals surface area contributed by atoms with E-state index in [2.05, 4.69) is 47.3 Å². The van der Waals surface area contributed by atoms with Crippen molar-refractivity contribution in [2.24, 2.45) is 23.5 Å². The van der Waals surface area contributed by atoms with E-state index in [4.69, 9.17) is 19.6 Å². The van der Waals surface area contributed by atoms with Crippen molar-refractivity contribution in [2.75, 3.05) is 19.7 Å². The average molecular weight is 1060 g/mol. The van der Waals surface area contributed by atoms with Crippen molar-refractivity contribution >= 4 is 16.9 Å². The number of fused-ring (bicyclic) bond motifs is 9. The van der Waals surface area contributed by atoms with Crippen LogP contribution in [0.25, 0.3) is 11.0 Å². The molecule has 4 aliphatic carbocycles. The molecular formula is C63H74N4O11. The van der Waals surface area contributed by atoms with Crippen molar-refractivity contribution in [1.29, 1.82) is 0 Å². The van der Waals surface area contributed by atoms with Crippen LogP contribution in [0.3, 0.4) is 0 Å². The molecular weight excluding hydrogens is 989 g/mol. The van der Waals surface area contributed by atoms with Crippen LogP contribution in [0.1, 0.15) is 148 Å². The van der Waals surface area contributed by atoms with E-state index in [1.54, 1.807) is 25.1 Å². The maximum absolute atomic E-state index is 15.5. The molecule has 15 nitrogen and oxygen atoms in total. The number of aryl methyl sites for hydroxylation is 1. The third-order valence-electron chi connectivity index (χ3n) is 19.6. The van der Waals surface area contributed by atoms with Crippen molar-refractivity contribution < 1.29 is 49.3 Å². The van der Waals surface area contributed by atoms with Gasteiger partial charge in [-0.2, -0.15) is 0 Å². The first kappa shape index (κ1) is 52.3. The maximum Gasteiger partial charge on any atom is 0.337 e. The van der Waals surface area contributed by atoms with E-state index in [1.807, 2.05) is 31.2 Å². The number of rotatable bonds is 9. The number of hydrogen-bond acceptors (Lipinski definition) is 15. The van der Waals surface area contributed by atoms with E-state index in [0.717, 1.165) is 65.3 Å². The fraction of sp³-hybridized carbons (Fsp3) is 0.492. The minimum atomic E-state index is -1.56. The highest BCUT2D eigenvalue weighted by Crippen LogP contribution is 2.61. The van der Waals surface area contributed by atoms with Crippen molar-refractivity contribution in [2.45, 2.75) is 158 Å². The molecule has 3 aromatic carbocycles. The highest BCUT2D eigenvalue weighted by molar-refractivity contribution is 5.93. The number of esters is 1. The molecule has 4 aromatic rings. The quantitative estimate of drug-likeness (QED) is 0.0572. The Hall–Kier alpha value is -6.36. The zero-order chi connectivity index (χ0) is 54.4. The topological polar surface area (TPSA) is 249 Å². The van der Waals surface area contributed by atoms with Gasteiger partial charge in [0.2, 0.25) is 0 Å². The first-order chi connectivity index (χ1) is 37.6. The van der Waals surface area contributed by atoms with Gasteiger partial charge in [0.1, 0.15) is 58.1 Å². The second-order valence-corrected chi connectivity index (χ2v) is 23.7. The predicted molar refractivity (Wildman–Crippen MR) is 294 cm³/mol. The van der Waals surface area contributed by atoms with Gasteiger partial charge in [-0.25, -0.2) is 4.79 Å². The van der Waals surface area contributed by atoms with Gasteiger partial charge in [0.15, 0.2) is 5.43 Å². The summed E-state index contributed by atoms with van der Waals surface area (Å²) in [6.07, 6.45) is 14.3. The summed E-state index contributed by atoms with van der Waals surface area (Å²) >= 11 is 0. The lowest BCUT2D eigenvalue weighted by molar-refractivity contribution is -0.171. The molecule has 412 valence electrons. The number of dihydropyridines is 2. The number of ether oxygens (including phenoxy) is 2. The number of aromatic hydroxyl groups is 2. The highest BCUT2D eigenvalue weighted by atomic mass is 16.6. The minimum Gasteiger partial charge on any atom is -0.508 e. The molecule has 15 heteroatoms. The SMILES string of the molecule is C/C=C(\C(=O)O[C@@H]1Cc2c3c(c4oc(CO)cc(=O)c4c2O)[C@H]2C4=CCNC(N)=C4[C@@H](CCc4ccc(O)cc4[C@H]2CO)[C@H]2CCC4=CC(NCC)NC=C4C[C@@H]2[C@]1(C)O3)[C@]1(O)CC[C@H](c2cccc(C3(O)CCCC3)c2)C1. The summed E-state index contributed by atoms with van der Waals surface area (Å²) in [6, 6.07) is 14.5. The molecule has 5 heterocycles. The normalized spacial score (nSPS) is 31.0. The van der Waals surface area contributed by atoms with Crippen LogP contribution in [-0.4, -0.2) is 79.8 Å². The summed E-state index contributed by atoms with van der Waals surface area (Å²) in [6.45, 7) is 5.87. The largest absolute Gasteiger partial charge is 0.508 e. The predicted octanol–water partition coefficient (Wildman–Crippen LogP) is 7.61. The molecule has 1 unspecified atom stereocenters. The number of aliphatic hydroxyl groups is 4. The molecule has 8 aliphatic rings. The van der Waals surface area contributed by atoms with Gasteiger partial charge in [0, 0.05) is 54.1 Å². The number of benzene rings is 3. The lowest BCUT2D eigenvalue weighted by Gasteiger charge is -2.52. The molecule has 10 atom stereocenters. The molecule has 12 rings (SSSR count). The minimum absolute atomic E-state index is 0.0182. The Bertz CT molecular complexity index is 3310. The van der Waals surface area contributed by atoms with E-state index < -0.39 is 71.0 Å². The highest BCUT2D eigenvalue weighted by Gasteiger charge is 2.58. The summed E-state index contributed by atoms with van der Waals surface area (Å²) < 4.78 is 21.3. The van der Waals surface area contributed by atoms with E-state index in [1.165, 1.54) is 5.57 Å². The smallest absolute Gasteiger partial charge is 0.337 e. The van der Waals surface area contributed by atoms with Crippen LogP contribution in [0.4, 0.5) is 0 Å². The number of hydrogen-bond donors (Lipinski definition) is 10. The lowest BCUT2D eigenvalue weighted by Crippen LogP contribution is -2.59. The Labute approximate surface area is 454 Å². The summed E-state index contributed by atoms with van der Waals surface area (Å²) in [5.41, 5.74) is 11.0. The van der Waals surface area contributed by atoms with Crippen molar-refractivity contribution in [3.05, 3.63) is 156 Å². The number of likely N-dealkylation sites (N-methyl/N-ethyl adjacent to an activating group) is 1. The van der Waals surface area contributed by atoms with Gasteiger partial charge < -0.3 is 60.9 Å². The first-order valence-electron chi connectivity index (χ1n) is 28.4. The molecule has 4 aliphatic heterocycles. The van der Waals surface area contributed by atoms with Crippen LogP contribution in [-0.2, 0) is 34.6 Å². The summed E-state index contributed by atoms with van der Waals surface area (Å²) in [5, 5.41) is 81.3. The lowest BCUT2D eigenvalue weighted by atomic mass is 9.61. The van der Waals surface area contributed by atoms with Crippen LogP contribution in [0.15, 0.2) is 116 Å². The second-order valence-electron chi connectivity index (χ2n) is 23.7. The van der Waals surface area contributed by atoms with E-state index >= 15 is 4.79 Å². The van der Waals surface area contributed by atoms with Gasteiger partial charge >= 0.3 is 5.97 Å². The van der Waals surface area contributed by atoms with Gasteiger partial charge in [-0.05, 0) is 165 Å². The Kier molecular flexibility index (Phi) is 13.5. The average Bonchev–Trinajstić information content (AvgIpc) is 3.66. The van der Waals surface area contributed by atoms with Gasteiger partial charge in [0.25, 0.3) is 0 Å². The number of carbonyl (C=O) groups excluding carboxylic acids is 1. The summed E-state index contributed by atoms with van der Waals surface area (Å²) in [7, 11) is 0. The van der Waals surface area contributed by atoms with E-state index in [-0.39, 0.29) is 76.1 Å². The molecule has 3 fully saturated rings. The molecule has 1 aromatic heterocycles. The number of allylic oxidation sites excluding steroid dienone is 5. The number of aliphatic hydroxyl groups excluding tert-OH is 2. The van der Waals surface area contributed by atoms with Gasteiger partial charge in [-0.1, -0.05) is 62.2 Å². The van der Waals surface area contributed by atoms with Crippen molar-refractivity contribution in [3.8, 4) is 17.2 Å². The van der Waals surface area contributed by atoms with Gasteiger partial charge in [-0.3, -0.25) is 10.1 Å². The first-order valence-corrected chi connectivity index (χ1v) is 28.4. The standard InChI is InChI=1S/C63H74N4O11/c1-4-47(63(75)21-17-36(29-63)34-9-8-10-38(23-34)62(74)19-6-7-20-62)60(73)77-50-28-45-56(72)54-49(71)27-40(31-68)76-58(54)55-52-43-18-22-66-59(64)53(43)42(16-12-33-11-14-39(70)26-44(33)46(52)32-69)41-15-13-35-25-51(65-5-2)67-30-37(35)24-48(41)61(50,3)78-57(45)55/h4,8-11,14,18,23,25-27,30,36,41-42,46,48,50-52,65-70,72,74-75H,5-7,12-13,15-17,19-22,24,28-29,31-32,64H2,1-3H3/b47-4+/t36-,41+,42-,46+,48-,50+,51?,52-,61-,63-/m0/s1. The zero-order valence-electron chi connectivity index (χ0n) is 44.9. The molecule has 4 bridgehead atoms. The molecule has 0 amide bonds. The van der Waals surface area contributed by atoms with E-state index in [9.17, 15) is 35.4 Å². The molecule has 11 N–H and O–H groups in total. The van der Waals surface area contributed by atoms with Gasteiger partial charge in [0.05, 0.1) is 29.5 Å². The Morgan fingerprint density at radius 1 is 1.00 bits per heavy atom. The van der Waals surface area contributed by atoms with Crippen LogP contribution in [0, 0.1) is 17.8 Å². The Morgan fingerprint density at radius 2 is 1.82 bits per heavy atom. The molecule has 78 heavy (non-hydrogen) atoms. The number of nitrogens with two attached hydrogens (primary N) is 1. The Morgan fingerprint density at radius 3 is 2.59 bits per heavy atom. The third kappa shape index (κ3) is 8.57. The molecule has 3 saturated carbocycles. The molecule has 0 radical (unpaired) electrons. The summed E-state index contributed by atoms with van der Waals surface area (Å²) in [4.78, 5) is 30.0. The number of carbonyl (C=O) groups is 1. The number of nitrogens with one attached hydrogen (secondary N) is 3. The van der Waals surface area contributed by atoms with Crippen LogP contribution in [0.5, 0.6) is 17.2 Å². The maximum atomic E-state index is 15.5. The molecule has 0 saturated heterocycles. The second kappa shape index (κ2) is 20.1. The van der Waals surface area contributed by atoms with Gasteiger partial charge in [-0.15, -0.1) is 0 Å². The summed E-state index contributed by atoms with van der Waals surface area (Å²) in [5.74, 6) is -3.10. The fourth-order valence-electron chi connectivity index (χ4n) is 15.7. The monoisotopic (exact) mass is 1060 g/mol. The Balaban J connectivity index is 1.05. The van der Waals surface area contributed by atoms with E-state index in [0.29, 0.717) is 74.9 Å². The van der Waals surface area contributed by atoms with Crippen LogP contribution < -0.4 is 31.8 Å².